The van der Waals surface area contributed by atoms with E-state index in [1.165, 1.54) is 12.8 Å². The van der Waals surface area contributed by atoms with Crippen LogP contribution in [-0.2, 0) is 13.0 Å². The van der Waals surface area contributed by atoms with Crippen LogP contribution in [0.5, 0.6) is 11.5 Å². The highest BCUT2D eigenvalue weighted by Crippen LogP contribution is 2.36. The Bertz CT molecular complexity index is 663. The van der Waals surface area contributed by atoms with Crippen LogP contribution in [0.2, 0.25) is 0 Å². The van der Waals surface area contributed by atoms with Gasteiger partial charge in [0.15, 0.2) is 11.5 Å². The van der Waals surface area contributed by atoms with Gasteiger partial charge in [0.05, 0.1) is 0 Å². The number of nitrogens with zero attached hydrogens (tertiary/aromatic N) is 2. The summed E-state index contributed by atoms with van der Waals surface area (Å²) in [6.07, 6.45) is 3.37. The first-order valence-electron chi connectivity index (χ1n) is 7.08. The Balaban J connectivity index is 1.79. The number of rotatable bonds is 1. The van der Waals surface area contributed by atoms with Crippen molar-refractivity contribution in [3.63, 3.8) is 0 Å². The van der Waals surface area contributed by atoms with Crippen molar-refractivity contribution >= 4 is 5.82 Å². The molecule has 3 heterocycles. The molecule has 0 saturated carbocycles. The van der Waals surface area contributed by atoms with Crippen LogP contribution in [0, 0.1) is 0 Å². The summed E-state index contributed by atoms with van der Waals surface area (Å²) < 4.78 is 13.3. The summed E-state index contributed by atoms with van der Waals surface area (Å²) in [5.74, 6) is 3.43. The van der Waals surface area contributed by atoms with E-state index >= 15 is 0 Å². The monoisotopic (exact) mass is 271 g/mol. The molecule has 0 fully saturated rings. The maximum absolute atomic E-state index is 6.26. The van der Waals surface area contributed by atoms with Crippen molar-refractivity contribution in [2.45, 2.75) is 25.8 Å². The van der Waals surface area contributed by atoms with E-state index in [0.717, 1.165) is 47.4 Å². The van der Waals surface area contributed by atoms with Crippen LogP contribution >= 0.6 is 0 Å². The number of imidazole rings is 1. The number of ether oxygens (including phenoxy) is 2. The lowest BCUT2D eigenvalue weighted by Gasteiger charge is -2.18. The first-order valence-corrected chi connectivity index (χ1v) is 7.08. The van der Waals surface area contributed by atoms with Gasteiger partial charge in [-0.3, -0.25) is 0 Å². The molecule has 2 aromatic rings. The number of nitrogens with two attached hydrogens (primary N) is 1. The van der Waals surface area contributed by atoms with Gasteiger partial charge in [-0.25, -0.2) is 4.98 Å². The molecule has 0 saturated heterocycles. The van der Waals surface area contributed by atoms with Crippen molar-refractivity contribution in [3.05, 3.63) is 24.0 Å². The fourth-order valence-corrected chi connectivity index (χ4v) is 2.91. The predicted molar refractivity (Wildman–Crippen MR) is 76.0 cm³/mol. The number of aryl methyl sites for hydroxylation is 1. The van der Waals surface area contributed by atoms with E-state index in [2.05, 4.69) is 4.57 Å². The minimum absolute atomic E-state index is 0.589. The predicted octanol–water partition coefficient (Wildman–Crippen LogP) is 2.24. The standard InChI is InChI=1S/C15H17N3O2/c16-15-14(17-13-3-1-2-6-18(13)15)10-4-5-11-12(9-10)20-8-7-19-11/h4-5,9H,1-3,6-8,16H2. The quantitative estimate of drug-likeness (QED) is 0.864. The maximum atomic E-state index is 6.26. The van der Waals surface area contributed by atoms with Crippen LogP contribution in [0.3, 0.4) is 0 Å². The third-order valence-corrected chi connectivity index (χ3v) is 3.93. The minimum Gasteiger partial charge on any atom is -0.486 e. The summed E-state index contributed by atoms with van der Waals surface area (Å²) in [6.45, 7) is 2.16. The van der Waals surface area contributed by atoms with Crippen LogP contribution < -0.4 is 15.2 Å². The largest absolute Gasteiger partial charge is 0.486 e. The van der Waals surface area contributed by atoms with Crippen LogP contribution in [0.25, 0.3) is 11.3 Å². The van der Waals surface area contributed by atoms with E-state index in [-0.39, 0.29) is 0 Å². The van der Waals surface area contributed by atoms with Gasteiger partial charge >= 0.3 is 0 Å². The van der Waals surface area contributed by atoms with Crippen molar-refractivity contribution in [3.8, 4) is 22.8 Å². The molecule has 0 amide bonds. The minimum atomic E-state index is 0.589. The van der Waals surface area contributed by atoms with Gasteiger partial charge < -0.3 is 19.8 Å². The van der Waals surface area contributed by atoms with Crippen LogP contribution in [-0.4, -0.2) is 22.8 Å². The zero-order valence-corrected chi connectivity index (χ0v) is 11.3. The van der Waals surface area contributed by atoms with E-state index < -0.39 is 0 Å². The lowest BCUT2D eigenvalue weighted by Crippen LogP contribution is -2.15. The lowest BCUT2D eigenvalue weighted by atomic mass is 10.1. The van der Waals surface area contributed by atoms with Gasteiger partial charge in [0.25, 0.3) is 0 Å². The average molecular weight is 271 g/mol. The number of nitrogen functional groups attached to an aromatic ring is 1. The van der Waals surface area contributed by atoms with Crippen LogP contribution in [0.4, 0.5) is 5.82 Å². The van der Waals surface area contributed by atoms with E-state index in [9.17, 15) is 0 Å². The Morgan fingerprint density at radius 3 is 2.80 bits per heavy atom. The highest BCUT2D eigenvalue weighted by atomic mass is 16.6. The van der Waals surface area contributed by atoms with E-state index in [4.69, 9.17) is 20.2 Å². The number of anilines is 1. The molecule has 5 heteroatoms. The Morgan fingerprint density at radius 1 is 1.10 bits per heavy atom. The molecule has 2 aliphatic rings. The Hall–Kier alpha value is -2.17. The van der Waals surface area contributed by atoms with Gasteiger partial charge in [0.2, 0.25) is 0 Å². The summed E-state index contributed by atoms with van der Waals surface area (Å²) in [4.78, 5) is 4.71. The Morgan fingerprint density at radius 2 is 1.95 bits per heavy atom. The highest BCUT2D eigenvalue weighted by molar-refractivity contribution is 5.73. The highest BCUT2D eigenvalue weighted by Gasteiger charge is 2.20. The number of aromatic nitrogens is 2. The van der Waals surface area contributed by atoms with Gasteiger partial charge in [-0.05, 0) is 31.0 Å². The molecule has 0 unspecified atom stereocenters. The van der Waals surface area contributed by atoms with Crippen LogP contribution in [0.15, 0.2) is 18.2 Å². The first kappa shape index (κ1) is 11.6. The molecule has 0 spiro atoms. The van der Waals surface area contributed by atoms with Crippen LogP contribution in [0.1, 0.15) is 18.7 Å². The molecular weight excluding hydrogens is 254 g/mol. The van der Waals surface area contributed by atoms with Gasteiger partial charge in [-0.2, -0.15) is 0 Å². The Labute approximate surface area is 117 Å². The average Bonchev–Trinajstić information content (AvgIpc) is 2.84. The molecule has 1 aromatic heterocycles. The molecule has 1 aromatic carbocycles. The van der Waals surface area contributed by atoms with E-state index in [0.29, 0.717) is 13.2 Å². The van der Waals surface area contributed by atoms with Gasteiger partial charge in [-0.1, -0.05) is 0 Å². The third-order valence-electron chi connectivity index (χ3n) is 3.93. The second-order valence-electron chi connectivity index (χ2n) is 5.23. The number of hydrogen-bond donors (Lipinski definition) is 1. The van der Waals surface area contributed by atoms with Gasteiger partial charge in [-0.15, -0.1) is 0 Å². The molecule has 0 radical (unpaired) electrons. The molecule has 0 bridgehead atoms. The second-order valence-corrected chi connectivity index (χ2v) is 5.23. The maximum Gasteiger partial charge on any atom is 0.162 e. The molecule has 104 valence electrons. The molecule has 2 aliphatic heterocycles. The van der Waals surface area contributed by atoms with Crippen molar-refractivity contribution in [2.75, 3.05) is 18.9 Å². The molecule has 4 rings (SSSR count). The van der Waals surface area contributed by atoms with Gasteiger partial charge in [0, 0.05) is 18.5 Å². The smallest absolute Gasteiger partial charge is 0.162 e. The summed E-state index contributed by atoms with van der Waals surface area (Å²) >= 11 is 0. The fraction of sp³-hybridized carbons (Fsp3) is 0.400. The number of benzene rings is 1. The molecule has 2 N–H and O–H groups in total. The van der Waals surface area contributed by atoms with Crippen molar-refractivity contribution < 1.29 is 9.47 Å². The molecule has 0 aliphatic carbocycles. The molecule has 20 heavy (non-hydrogen) atoms. The topological polar surface area (TPSA) is 62.3 Å². The number of hydrogen-bond acceptors (Lipinski definition) is 4. The van der Waals surface area contributed by atoms with Gasteiger partial charge in [0.1, 0.15) is 30.5 Å². The normalized spacial score (nSPS) is 16.8. The van der Waals surface area contributed by atoms with E-state index in [1.807, 2.05) is 18.2 Å². The summed E-state index contributed by atoms with van der Waals surface area (Å²) in [5, 5.41) is 0. The van der Waals surface area contributed by atoms with Crippen molar-refractivity contribution in [1.82, 2.24) is 9.55 Å². The fourth-order valence-electron chi connectivity index (χ4n) is 2.91. The molecule has 0 atom stereocenters. The summed E-state index contributed by atoms with van der Waals surface area (Å²) in [6, 6.07) is 5.90. The zero-order chi connectivity index (χ0) is 13.5. The molecular formula is C15H17N3O2. The van der Waals surface area contributed by atoms with Crippen molar-refractivity contribution in [1.29, 1.82) is 0 Å². The third kappa shape index (κ3) is 1.73. The summed E-state index contributed by atoms with van der Waals surface area (Å²) in [7, 11) is 0. The zero-order valence-electron chi connectivity index (χ0n) is 11.3. The Kier molecular flexibility index (Phi) is 2.58. The lowest BCUT2D eigenvalue weighted by molar-refractivity contribution is 0.171. The number of fused-ring (bicyclic) bond motifs is 2. The second kappa shape index (κ2) is 4.44. The van der Waals surface area contributed by atoms with Crippen molar-refractivity contribution in [2.24, 2.45) is 0 Å². The first-order chi connectivity index (χ1) is 9.83. The van der Waals surface area contributed by atoms with E-state index in [1.54, 1.807) is 0 Å². The SMILES string of the molecule is Nc1c(-c2ccc3c(c2)OCCO3)nc2n1CCCC2. The molecule has 5 nitrogen and oxygen atoms in total. The summed E-state index contributed by atoms with van der Waals surface area (Å²) in [5.41, 5.74) is 8.11.